The van der Waals surface area contributed by atoms with Crippen LogP contribution in [-0.2, 0) is 14.3 Å². The Hall–Kier alpha value is -4.39. The number of hydrogen-bond donors (Lipinski definition) is 5. The van der Waals surface area contributed by atoms with Gasteiger partial charge in [0.05, 0.1) is 6.61 Å². The zero-order valence-electron chi connectivity index (χ0n) is 22.2. The minimum atomic E-state index is -1.65. The second-order valence-corrected chi connectivity index (χ2v) is 9.18. The third-order valence-corrected chi connectivity index (χ3v) is 5.45. The van der Waals surface area contributed by atoms with Crippen molar-refractivity contribution in [1.82, 2.24) is 5.32 Å². The molecule has 0 heterocycles. The second-order valence-electron chi connectivity index (χ2n) is 9.18. The Morgan fingerprint density at radius 2 is 1.50 bits per heavy atom. The van der Waals surface area contributed by atoms with Gasteiger partial charge < -0.3 is 34.8 Å². The smallest absolute Gasteiger partial charge is 0.361 e. The van der Waals surface area contributed by atoms with Crippen molar-refractivity contribution < 1.29 is 48.7 Å². The highest BCUT2D eigenvalue weighted by molar-refractivity contribution is 6.40. The van der Waals surface area contributed by atoms with Gasteiger partial charge in [-0.25, -0.2) is 14.4 Å². The molecule has 12 heteroatoms. The SMILES string of the molecule is CC=CC(=N)C(=O)Oc1ccccc1C(=O)Oc1ccccc1C(=O)OC(C(=O)NCCC(O)O)C(C)(C)CO. The summed E-state index contributed by atoms with van der Waals surface area (Å²) in [7, 11) is 0. The maximum Gasteiger partial charge on any atom is 0.361 e. The Labute approximate surface area is 230 Å². The van der Waals surface area contributed by atoms with Crippen molar-refractivity contribution >= 4 is 29.5 Å². The Bertz CT molecular complexity index is 1270. The summed E-state index contributed by atoms with van der Waals surface area (Å²) in [4.78, 5) is 51.1. The van der Waals surface area contributed by atoms with E-state index < -0.39 is 53.9 Å². The van der Waals surface area contributed by atoms with Crippen LogP contribution >= 0.6 is 0 Å². The van der Waals surface area contributed by atoms with Crippen molar-refractivity contribution in [3.05, 3.63) is 71.8 Å². The van der Waals surface area contributed by atoms with E-state index >= 15 is 0 Å². The first-order valence-corrected chi connectivity index (χ1v) is 12.2. The Kier molecular flexibility index (Phi) is 11.7. The van der Waals surface area contributed by atoms with Gasteiger partial charge in [-0.3, -0.25) is 10.2 Å². The van der Waals surface area contributed by atoms with Crippen LogP contribution in [0.3, 0.4) is 0 Å². The summed E-state index contributed by atoms with van der Waals surface area (Å²) in [6, 6.07) is 11.3. The van der Waals surface area contributed by atoms with Crippen molar-refractivity contribution in [3.8, 4) is 11.5 Å². The first kappa shape index (κ1) is 31.8. The molecular formula is C28H32N2O10. The fraction of sp³-hybridized carbons (Fsp3) is 0.321. The first-order chi connectivity index (χ1) is 18.9. The quantitative estimate of drug-likeness (QED) is 0.105. The van der Waals surface area contributed by atoms with Crippen LogP contribution < -0.4 is 14.8 Å². The summed E-state index contributed by atoms with van der Waals surface area (Å²) in [5.74, 6) is -4.17. The summed E-state index contributed by atoms with van der Waals surface area (Å²) >= 11 is 0. The van der Waals surface area contributed by atoms with E-state index in [2.05, 4.69) is 5.32 Å². The molecule has 0 aliphatic carbocycles. The normalized spacial score (nSPS) is 12.1. The van der Waals surface area contributed by atoms with Crippen molar-refractivity contribution in [2.75, 3.05) is 13.2 Å². The number of allylic oxidation sites excluding steroid dienone is 1. The predicted molar refractivity (Wildman–Crippen MR) is 142 cm³/mol. The van der Waals surface area contributed by atoms with Gasteiger partial charge in [0, 0.05) is 18.4 Å². The molecule has 0 spiro atoms. The first-order valence-electron chi connectivity index (χ1n) is 12.2. The lowest BCUT2D eigenvalue weighted by molar-refractivity contribution is -0.138. The summed E-state index contributed by atoms with van der Waals surface area (Å²) < 4.78 is 16.0. The third-order valence-electron chi connectivity index (χ3n) is 5.45. The molecule has 2 aromatic rings. The van der Waals surface area contributed by atoms with E-state index in [1.165, 1.54) is 74.5 Å². The van der Waals surface area contributed by atoms with Gasteiger partial charge in [0.15, 0.2) is 12.4 Å². The molecule has 214 valence electrons. The lowest BCUT2D eigenvalue weighted by Crippen LogP contribution is -2.48. The van der Waals surface area contributed by atoms with Gasteiger partial charge in [-0.05, 0) is 37.3 Å². The number of carbonyl (C=O) groups is 4. The molecular weight excluding hydrogens is 524 g/mol. The van der Waals surface area contributed by atoms with Crippen LogP contribution in [0, 0.1) is 10.8 Å². The fourth-order valence-electron chi connectivity index (χ4n) is 3.23. The van der Waals surface area contributed by atoms with Crippen LogP contribution in [0.2, 0.25) is 0 Å². The number of hydrogen-bond acceptors (Lipinski definition) is 11. The van der Waals surface area contributed by atoms with Crippen molar-refractivity contribution in [2.45, 2.75) is 39.6 Å². The molecule has 0 saturated heterocycles. The largest absolute Gasteiger partial charge is 0.448 e. The maximum absolute atomic E-state index is 13.1. The molecule has 40 heavy (non-hydrogen) atoms. The van der Waals surface area contributed by atoms with E-state index in [1.807, 2.05) is 0 Å². The maximum atomic E-state index is 13.1. The second kappa shape index (κ2) is 14.7. The van der Waals surface area contributed by atoms with Gasteiger partial charge in [0.2, 0.25) is 0 Å². The number of para-hydroxylation sites is 2. The van der Waals surface area contributed by atoms with Crippen molar-refractivity contribution in [3.63, 3.8) is 0 Å². The molecule has 0 bridgehead atoms. The van der Waals surface area contributed by atoms with Crippen LogP contribution in [0.1, 0.15) is 47.9 Å². The van der Waals surface area contributed by atoms with E-state index in [0.717, 1.165) is 0 Å². The van der Waals surface area contributed by atoms with Gasteiger partial charge in [-0.15, -0.1) is 0 Å². The predicted octanol–water partition coefficient (Wildman–Crippen LogP) is 1.77. The number of aliphatic hydroxyl groups is 3. The molecule has 5 N–H and O–H groups in total. The molecule has 0 fully saturated rings. The Morgan fingerprint density at radius 3 is 2.05 bits per heavy atom. The molecule has 0 radical (unpaired) electrons. The van der Waals surface area contributed by atoms with Gasteiger partial charge in [0.1, 0.15) is 28.3 Å². The van der Waals surface area contributed by atoms with E-state index in [0.29, 0.717) is 0 Å². The monoisotopic (exact) mass is 556 g/mol. The molecule has 0 aromatic heterocycles. The minimum absolute atomic E-state index is 0.127. The number of esters is 3. The molecule has 2 aromatic carbocycles. The number of aliphatic hydroxyl groups excluding tert-OH is 2. The van der Waals surface area contributed by atoms with E-state index in [4.69, 9.17) is 29.8 Å². The Balaban J connectivity index is 2.28. The lowest BCUT2D eigenvalue weighted by Gasteiger charge is -2.31. The van der Waals surface area contributed by atoms with Gasteiger partial charge >= 0.3 is 17.9 Å². The standard InChI is InChI=1S/C28H32N2O10/c1-4-9-19(29)27(37)39-21-13-8-5-10-17(21)25(35)38-20-12-7-6-11-18(20)26(36)40-23(28(2,3)16-31)24(34)30-15-14-22(32)33/h4-13,22-23,29,31-33H,14-16H2,1-3H3,(H,30,34). The van der Waals surface area contributed by atoms with Crippen LogP contribution in [-0.4, -0.2) is 70.4 Å². The molecule has 1 atom stereocenters. The average Bonchev–Trinajstić information content (AvgIpc) is 2.91. The van der Waals surface area contributed by atoms with Crippen molar-refractivity contribution in [1.29, 1.82) is 5.41 Å². The summed E-state index contributed by atoms with van der Waals surface area (Å²) in [5, 5.41) is 37.9. The Morgan fingerprint density at radius 1 is 0.950 bits per heavy atom. The summed E-state index contributed by atoms with van der Waals surface area (Å²) in [6.45, 7) is 3.95. The van der Waals surface area contributed by atoms with Crippen LogP contribution in [0.4, 0.5) is 0 Å². The topological polar surface area (TPSA) is 193 Å². The van der Waals surface area contributed by atoms with Crippen LogP contribution in [0.25, 0.3) is 0 Å². The molecule has 12 nitrogen and oxygen atoms in total. The van der Waals surface area contributed by atoms with Crippen LogP contribution in [0.5, 0.6) is 11.5 Å². The number of nitrogens with one attached hydrogen (secondary N) is 2. The van der Waals surface area contributed by atoms with Crippen LogP contribution in [0.15, 0.2) is 60.7 Å². The highest BCUT2D eigenvalue weighted by Gasteiger charge is 2.39. The minimum Gasteiger partial charge on any atom is -0.448 e. The zero-order valence-corrected chi connectivity index (χ0v) is 22.2. The number of carbonyl (C=O) groups excluding carboxylic acids is 4. The zero-order chi connectivity index (χ0) is 29.9. The third kappa shape index (κ3) is 8.83. The van der Waals surface area contributed by atoms with E-state index in [9.17, 15) is 24.3 Å². The van der Waals surface area contributed by atoms with E-state index in [1.54, 1.807) is 6.92 Å². The van der Waals surface area contributed by atoms with Gasteiger partial charge in [0.25, 0.3) is 5.91 Å². The lowest BCUT2D eigenvalue weighted by atomic mass is 9.86. The number of benzene rings is 2. The summed E-state index contributed by atoms with van der Waals surface area (Å²) in [5.41, 5.74) is -2.03. The molecule has 0 saturated carbocycles. The van der Waals surface area contributed by atoms with Crippen molar-refractivity contribution in [2.24, 2.45) is 5.41 Å². The molecule has 1 unspecified atom stereocenters. The molecule has 2 rings (SSSR count). The molecule has 0 aliphatic rings. The number of rotatable bonds is 13. The summed E-state index contributed by atoms with van der Waals surface area (Å²) in [6.07, 6.45) is -0.597. The van der Waals surface area contributed by atoms with Gasteiger partial charge in [-0.2, -0.15) is 0 Å². The number of ether oxygens (including phenoxy) is 3. The average molecular weight is 557 g/mol. The number of amides is 1. The van der Waals surface area contributed by atoms with Gasteiger partial charge in [-0.1, -0.05) is 44.2 Å². The van der Waals surface area contributed by atoms with E-state index in [-0.39, 0.29) is 35.6 Å². The highest BCUT2D eigenvalue weighted by Crippen LogP contribution is 2.28. The highest BCUT2D eigenvalue weighted by atomic mass is 16.6. The fourth-order valence-corrected chi connectivity index (χ4v) is 3.23. The molecule has 1 amide bonds. The molecule has 0 aliphatic heterocycles.